The molecule has 1 atom stereocenters. The molecule has 60 valence electrons. The smallest absolute Gasteiger partial charge is 0.151 e. The van der Waals surface area contributed by atoms with Crippen LogP contribution in [0, 0.1) is 0 Å². The van der Waals surface area contributed by atoms with Crippen molar-refractivity contribution in [2.24, 2.45) is 5.73 Å². The number of sulfone groups is 1. The third-order valence-corrected chi connectivity index (χ3v) is 4.03. The van der Waals surface area contributed by atoms with Crippen LogP contribution in [0.15, 0.2) is 0 Å². The number of hydrogen-bond acceptors (Lipinski definition) is 3. The molecule has 1 unspecified atom stereocenters. The van der Waals surface area contributed by atoms with Crippen LogP contribution < -0.4 is 5.73 Å². The Morgan fingerprint density at radius 1 is 1.50 bits per heavy atom. The van der Waals surface area contributed by atoms with Gasteiger partial charge in [-0.25, -0.2) is 8.42 Å². The standard InChI is InChI=1S/C6H13NO2S/c1-5(10(2,8)9)6(7)3-4-6/h5H,3-4,7H2,1-2H3. The van der Waals surface area contributed by atoms with Crippen LogP contribution >= 0.6 is 0 Å². The Balaban J connectivity index is 2.76. The highest BCUT2D eigenvalue weighted by Gasteiger charge is 2.47. The second-order valence-electron chi connectivity index (χ2n) is 3.20. The molecule has 1 fully saturated rings. The topological polar surface area (TPSA) is 60.2 Å². The van der Waals surface area contributed by atoms with Gasteiger partial charge >= 0.3 is 0 Å². The van der Waals surface area contributed by atoms with E-state index in [-0.39, 0.29) is 5.25 Å². The average Bonchev–Trinajstić information content (AvgIpc) is 2.45. The summed E-state index contributed by atoms with van der Waals surface area (Å²) in [5.74, 6) is 0. The van der Waals surface area contributed by atoms with Gasteiger partial charge in [0.25, 0.3) is 0 Å². The molecule has 0 radical (unpaired) electrons. The molecular formula is C6H13NO2S. The fourth-order valence-corrected chi connectivity index (χ4v) is 2.07. The van der Waals surface area contributed by atoms with Crippen molar-refractivity contribution in [3.8, 4) is 0 Å². The average molecular weight is 163 g/mol. The Kier molecular flexibility index (Phi) is 1.56. The predicted octanol–water partition coefficient (Wildman–Crippen LogP) is -0.0892. The van der Waals surface area contributed by atoms with Crippen molar-refractivity contribution in [3.63, 3.8) is 0 Å². The molecule has 10 heavy (non-hydrogen) atoms. The van der Waals surface area contributed by atoms with Gasteiger partial charge in [-0.3, -0.25) is 0 Å². The zero-order chi connectivity index (χ0) is 7.99. The van der Waals surface area contributed by atoms with E-state index < -0.39 is 15.4 Å². The SMILES string of the molecule is CC(C1(N)CC1)S(C)(=O)=O. The molecule has 0 aliphatic heterocycles. The molecule has 0 spiro atoms. The highest BCUT2D eigenvalue weighted by Crippen LogP contribution is 2.38. The molecule has 1 saturated carbocycles. The molecule has 1 aliphatic rings. The fraction of sp³-hybridized carbons (Fsp3) is 1.00. The lowest BCUT2D eigenvalue weighted by atomic mass is 10.2. The Labute approximate surface area is 61.5 Å². The van der Waals surface area contributed by atoms with E-state index in [0.29, 0.717) is 0 Å². The van der Waals surface area contributed by atoms with E-state index in [9.17, 15) is 8.42 Å². The Hall–Kier alpha value is -0.0900. The van der Waals surface area contributed by atoms with E-state index in [4.69, 9.17) is 5.73 Å². The Bertz CT molecular complexity index is 228. The van der Waals surface area contributed by atoms with Gasteiger partial charge in [0, 0.05) is 11.8 Å². The first-order chi connectivity index (χ1) is 4.36. The molecule has 0 saturated heterocycles. The summed E-state index contributed by atoms with van der Waals surface area (Å²) in [5.41, 5.74) is 5.30. The maximum Gasteiger partial charge on any atom is 0.151 e. The van der Waals surface area contributed by atoms with Crippen molar-refractivity contribution < 1.29 is 8.42 Å². The molecule has 0 aromatic rings. The summed E-state index contributed by atoms with van der Waals surface area (Å²) in [6.45, 7) is 1.68. The van der Waals surface area contributed by atoms with Crippen molar-refractivity contribution >= 4 is 9.84 Å². The molecule has 0 aromatic carbocycles. The quantitative estimate of drug-likeness (QED) is 0.619. The van der Waals surface area contributed by atoms with Gasteiger partial charge in [-0.2, -0.15) is 0 Å². The first-order valence-corrected chi connectivity index (χ1v) is 5.29. The molecule has 2 N–H and O–H groups in total. The van der Waals surface area contributed by atoms with Gasteiger partial charge in [-0.1, -0.05) is 0 Å². The van der Waals surface area contributed by atoms with E-state index >= 15 is 0 Å². The first-order valence-electron chi connectivity index (χ1n) is 3.34. The third-order valence-electron chi connectivity index (χ3n) is 2.28. The van der Waals surface area contributed by atoms with Crippen LogP contribution in [0.5, 0.6) is 0 Å². The number of rotatable bonds is 2. The van der Waals surface area contributed by atoms with Crippen LogP contribution in [0.25, 0.3) is 0 Å². The van der Waals surface area contributed by atoms with E-state index in [1.165, 1.54) is 6.26 Å². The third kappa shape index (κ3) is 1.32. The van der Waals surface area contributed by atoms with Crippen molar-refractivity contribution in [1.29, 1.82) is 0 Å². The lowest BCUT2D eigenvalue weighted by Gasteiger charge is -2.15. The van der Waals surface area contributed by atoms with Gasteiger partial charge in [0.15, 0.2) is 9.84 Å². The van der Waals surface area contributed by atoms with E-state index in [1.54, 1.807) is 6.92 Å². The minimum Gasteiger partial charge on any atom is -0.324 e. The summed E-state index contributed by atoms with van der Waals surface area (Å²) in [5, 5.41) is -0.375. The molecule has 0 aromatic heterocycles. The minimum absolute atomic E-state index is 0.375. The van der Waals surface area contributed by atoms with Crippen LogP contribution in [-0.2, 0) is 9.84 Å². The zero-order valence-corrected chi connectivity index (χ0v) is 7.11. The molecule has 0 amide bonds. The van der Waals surface area contributed by atoms with Crippen LogP contribution in [0.4, 0.5) is 0 Å². The summed E-state index contributed by atoms with van der Waals surface area (Å²) in [6, 6.07) is 0. The molecule has 0 heterocycles. The van der Waals surface area contributed by atoms with Crippen LogP contribution in [0.1, 0.15) is 19.8 Å². The second-order valence-corrected chi connectivity index (χ2v) is 5.57. The minimum atomic E-state index is -2.92. The van der Waals surface area contributed by atoms with Gasteiger partial charge < -0.3 is 5.73 Å². The summed E-state index contributed by atoms with van der Waals surface area (Å²) in [4.78, 5) is 0. The van der Waals surface area contributed by atoms with E-state index in [2.05, 4.69) is 0 Å². The molecule has 4 heteroatoms. The summed E-state index contributed by atoms with van der Waals surface area (Å²) >= 11 is 0. The van der Waals surface area contributed by atoms with Gasteiger partial charge in [-0.05, 0) is 19.8 Å². The molecule has 0 bridgehead atoms. The Morgan fingerprint density at radius 2 is 1.90 bits per heavy atom. The van der Waals surface area contributed by atoms with E-state index in [1.807, 2.05) is 0 Å². The fourth-order valence-electron chi connectivity index (χ4n) is 0.977. The highest BCUT2D eigenvalue weighted by molar-refractivity contribution is 7.91. The molecular weight excluding hydrogens is 150 g/mol. The first kappa shape index (κ1) is 8.01. The highest BCUT2D eigenvalue weighted by atomic mass is 32.2. The Morgan fingerprint density at radius 3 is 2.00 bits per heavy atom. The zero-order valence-electron chi connectivity index (χ0n) is 6.29. The number of nitrogens with two attached hydrogens (primary N) is 1. The van der Waals surface area contributed by atoms with Crippen LogP contribution in [0.3, 0.4) is 0 Å². The summed E-state index contributed by atoms with van der Waals surface area (Å²) < 4.78 is 21.9. The lowest BCUT2D eigenvalue weighted by Crippen LogP contribution is -2.40. The van der Waals surface area contributed by atoms with Crippen molar-refractivity contribution in [3.05, 3.63) is 0 Å². The predicted molar refractivity (Wildman–Crippen MR) is 40.5 cm³/mol. The summed E-state index contributed by atoms with van der Waals surface area (Å²) in [7, 11) is -2.92. The van der Waals surface area contributed by atoms with Gasteiger partial charge in [0.1, 0.15) is 0 Å². The van der Waals surface area contributed by atoms with Crippen molar-refractivity contribution in [1.82, 2.24) is 0 Å². The number of hydrogen-bond donors (Lipinski definition) is 1. The van der Waals surface area contributed by atoms with Crippen LogP contribution in [-0.4, -0.2) is 25.5 Å². The normalized spacial score (nSPS) is 25.9. The molecule has 3 nitrogen and oxygen atoms in total. The lowest BCUT2D eigenvalue weighted by molar-refractivity contribution is 0.560. The maximum atomic E-state index is 10.9. The maximum absolute atomic E-state index is 10.9. The molecule has 1 rings (SSSR count). The second kappa shape index (κ2) is 1.95. The largest absolute Gasteiger partial charge is 0.324 e. The van der Waals surface area contributed by atoms with Crippen molar-refractivity contribution in [2.45, 2.75) is 30.6 Å². The van der Waals surface area contributed by atoms with Gasteiger partial charge in [0.05, 0.1) is 5.25 Å². The van der Waals surface area contributed by atoms with Crippen molar-refractivity contribution in [2.75, 3.05) is 6.26 Å². The summed E-state index contributed by atoms with van der Waals surface area (Å²) in [6.07, 6.45) is 2.94. The van der Waals surface area contributed by atoms with Crippen LogP contribution in [0.2, 0.25) is 0 Å². The van der Waals surface area contributed by atoms with Gasteiger partial charge in [-0.15, -0.1) is 0 Å². The molecule has 1 aliphatic carbocycles. The monoisotopic (exact) mass is 163 g/mol. The van der Waals surface area contributed by atoms with E-state index in [0.717, 1.165) is 12.8 Å². The van der Waals surface area contributed by atoms with Gasteiger partial charge in [0.2, 0.25) is 0 Å².